The molecule has 2 N–H and O–H groups in total. The topological polar surface area (TPSA) is 55.6 Å². The zero-order chi connectivity index (χ0) is 14.5. The van der Waals surface area contributed by atoms with E-state index in [1.807, 2.05) is 0 Å². The number of nitrogens with two attached hydrogens (primary N) is 1. The minimum atomic E-state index is -0.432. The quantitative estimate of drug-likeness (QED) is 0.918. The van der Waals surface area contributed by atoms with Crippen LogP contribution in [0, 0.1) is 11.7 Å². The van der Waals surface area contributed by atoms with Crippen molar-refractivity contribution in [2.75, 3.05) is 26.2 Å². The summed E-state index contributed by atoms with van der Waals surface area (Å²) in [7, 11) is 0. The number of benzene rings is 1. The Bertz CT molecular complexity index is 479. The molecular weight excluding hydrogens is 259 g/mol. The molecular formula is C15H21FN2O2. The molecule has 0 saturated carbocycles. The van der Waals surface area contributed by atoms with Gasteiger partial charge in [0.05, 0.1) is 5.56 Å². The maximum atomic E-state index is 13.4. The molecule has 0 aromatic heterocycles. The van der Waals surface area contributed by atoms with E-state index in [-0.39, 0.29) is 11.5 Å². The van der Waals surface area contributed by atoms with E-state index in [4.69, 9.17) is 10.5 Å². The molecule has 5 heteroatoms. The van der Waals surface area contributed by atoms with Crippen molar-refractivity contribution < 1.29 is 13.9 Å². The molecule has 1 aliphatic rings. The summed E-state index contributed by atoms with van der Waals surface area (Å²) in [6.07, 6.45) is 2.12. The second-order valence-electron chi connectivity index (χ2n) is 5.28. The molecule has 20 heavy (non-hydrogen) atoms. The van der Waals surface area contributed by atoms with E-state index in [0.29, 0.717) is 31.4 Å². The zero-order valence-corrected chi connectivity index (χ0v) is 11.8. The number of rotatable bonds is 4. The van der Waals surface area contributed by atoms with Crippen LogP contribution in [0.2, 0.25) is 0 Å². The van der Waals surface area contributed by atoms with E-state index in [0.717, 1.165) is 19.4 Å². The Kier molecular flexibility index (Phi) is 4.95. The van der Waals surface area contributed by atoms with Gasteiger partial charge in [0, 0.05) is 19.6 Å². The maximum Gasteiger partial charge on any atom is 0.257 e. The third-order valence-corrected chi connectivity index (χ3v) is 3.49. The monoisotopic (exact) mass is 280 g/mol. The fourth-order valence-corrected chi connectivity index (χ4v) is 2.51. The van der Waals surface area contributed by atoms with E-state index < -0.39 is 5.82 Å². The van der Waals surface area contributed by atoms with Crippen LogP contribution in [0.25, 0.3) is 0 Å². The molecule has 0 bridgehead atoms. The molecule has 1 saturated heterocycles. The van der Waals surface area contributed by atoms with Gasteiger partial charge in [-0.2, -0.15) is 0 Å². The molecule has 1 aromatic carbocycles. The number of piperidine rings is 1. The normalized spacial score (nSPS) is 18.9. The Hall–Kier alpha value is -1.62. The maximum absolute atomic E-state index is 13.4. The first-order valence-corrected chi connectivity index (χ1v) is 7.03. The first-order valence-electron chi connectivity index (χ1n) is 7.03. The number of ether oxygens (including phenoxy) is 1. The standard InChI is InChI=1S/C15H21FN2O2/c1-11-3-2-7-18(10-11)15(19)13-9-12(16)4-5-14(13)20-8-6-17/h4-5,9,11H,2-3,6-8,10,17H2,1H3. The van der Waals surface area contributed by atoms with Crippen LogP contribution >= 0.6 is 0 Å². The average molecular weight is 280 g/mol. The SMILES string of the molecule is CC1CCCN(C(=O)c2cc(F)ccc2OCCN)C1. The van der Waals surface area contributed by atoms with E-state index in [1.54, 1.807) is 4.90 Å². The van der Waals surface area contributed by atoms with Crippen LogP contribution in [0.3, 0.4) is 0 Å². The lowest BCUT2D eigenvalue weighted by atomic mass is 9.99. The fraction of sp³-hybridized carbons (Fsp3) is 0.533. The number of hydrogen-bond donors (Lipinski definition) is 1. The number of amides is 1. The van der Waals surface area contributed by atoms with Gasteiger partial charge in [0.1, 0.15) is 18.2 Å². The summed E-state index contributed by atoms with van der Waals surface area (Å²) in [6.45, 7) is 4.21. The summed E-state index contributed by atoms with van der Waals surface area (Å²) in [4.78, 5) is 14.3. The highest BCUT2D eigenvalue weighted by molar-refractivity contribution is 5.97. The van der Waals surface area contributed by atoms with Gasteiger partial charge >= 0.3 is 0 Å². The second-order valence-corrected chi connectivity index (χ2v) is 5.28. The van der Waals surface area contributed by atoms with Crippen molar-refractivity contribution in [1.29, 1.82) is 0 Å². The number of carbonyl (C=O) groups excluding carboxylic acids is 1. The van der Waals surface area contributed by atoms with Crippen molar-refractivity contribution in [2.24, 2.45) is 11.7 Å². The van der Waals surface area contributed by atoms with Crippen LogP contribution in [0.4, 0.5) is 4.39 Å². The lowest BCUT2D eigenvalue weighted by Crippen LogP contribution is -2.39. The Morgan fingerprint density at radius 1 is 1.55 bits per heavy atom. The van der Waals surface area contributed by atoms with Crippen LogP contribution in [0.1, 0.15) is 30.1 Å². The van der Waals surface area contributed by atoms with Gasteiger partial charge in [-0.15, -0.1) is 0 Å². The van der Waals surface area contributed by atoms with Gasteiger partial charge in [-0.05, 0) is 37.0 Å². The molecule has 1 aliphatic heterocycles. The molecule has 1 heterocycles. The van der Waals surface area contributed by atoms with Crippen molar-refractivity contribution in [3.05, 3.63) is 29.6 Å². The number of nitrogens with zero attached hydrogens (tertiary/aromatic N) is 1. The fourth-order valence-electron chi connectivity index (χ4n) is 2.51. The van der Waals surface area contributed by atoms with Crippen molar-refractivity contribution in [1.82, 2.24) is 4.90 Å². The Labute approximate surface area is 118 Å². The Morgan fingerprint density at radius 3 is 3.05 bits per heavy atom. The summed E-state index contributed by atoms with van der Waals surface area (Å²) in [6, 6.07) is 4.03. The van der Waals surface area contributed by atoms with Crippen molar-refractivity contribution in [3.63, 3.8) is 0 Å². The predicted octanol–water partition coefficient (Wildman–Crippen LogP) is 2.04. The van der Waals surface area contributed by atoms with Gasteiger partial charge in [0.15, 0.2) is 0 Å². The van der Waals surface area contributed by atoms with Crippen molar-refractivity contribution in [2.45, 2.75) is 19.8 Å². The third kappa shape index (κ3) is 3.48. The number of carbonyl (C=O) groups is 1. The Balaban J connectivity index is 2.20. The zero-order valence-electron chi connectivity index (χ0n) is 11.8. The molecule has 1 aromatic rings. The van der Waals surface area contributed by atoms with E-state index >= 15 is 0 Å². The highest BCUT2D eigenvalue weighted by Gasteiger charge is 2.24. The third-order valence-electron chi connectivity index (χ3n) is 3.49. The Morgan fingerprint density at radius 2 is 2.35 bits per heavy atom. The van der Waals surface area contributed by atoms with Crippen LogP contribution in [0.15, 0.2) is 18.2 Å². The van der Waals surface area contributed by atoms with E-state index in [1.165, 1.54) is 18.2 Å². The summed E-state index contributed by atoms with van der Waals surface area (Å²) in [5, 5.41) is 0. The van der Waals surface area contributed by atoms with Gasteiger partial charge in [-0.25, -0.2) is 4.39 Å². The minimum absolute atomic E-state index is 0.164. The molecule has 110 valence electrons. The molecule has 1 atom stereocenters. The van der Waals surface area contributed by atoms with Crippen molar-refractivity contribution in [3.8, 4) is 5.75 Å². The van der Waals surface area contributed by atoms with Gasteiger partial charge in [-0.3, -0.25) is 4.79 Å². The first-order chi connectivity index (χ1) is 9.61. The molecule has 0 aliphatic carbocycles. The van der Waals surface area contributed by atoms with Gasteiger partial charge in [0.25, 0.3) is 5.91 Å². The van der Waals surface area contributed by atoms with Gasteiger partial charge in [-0.1, -0.05) is 6.92 Å². The summed E-state index contributed by atoms with van der Waals surface area (Å²) in [5.74, 6) is 0.288. The number of likely N-dealkylation sites (tertiary alicyclic amines) is 1. The summed E-state index contributed by atoms with van der Waals surface area (Å²) < 4.78 is 18.9. The average Bonchev–Trinajstić information content (AvgIpc) is 2.45. The van der Waals surface area contributed by atoms with E-state index in [9.17, 15) is 9.18 Å². The lowest BCUT2D eigenvalue weighted by Gasteiger charge is -2.31. The van der Waals surface area contributed by atoms with Crippen LogP contribution < -0.4 is 10.5 Å². The van der Waals surface area contributed by atoms with Crippen LogP contribution in [-0.2, 0) is 0 Å². The molecule has 4 nitrogen and oxygen atoms in total. The summed E-state index contributed by atoms with van der Waals surface area (Å²) >= 11 is 0. The molecule has 1 fully saturated rings. The van der Waals surface area contributed by atoms with E-state index in [2.05, 4.69) is 6.92 Å². The lowest BCUT2D eigenvalue weighted by molar-refractivity contribution is 0.0678. The van der Waals surface area contributed by atoms with Gasteiger partial charge < -0.3 is 15.4 Å². The largest absolute Gasteiger partial charge is 0.491 e. The van der Waals surface area contributed by atoms with Gasteiger partial charge in [0.2, 0.25) is 0 Å². The van der Waals surface area contributed by atoms with Crippen LogP contribution in [-0.4, -0.2) is 37.0 Å². The molecule has 1 amide bonds. The van der Waals surface area contributed by atoms with Crippen molar-refractivity contribution >= 4 is 5.91 Å². The number of halogens is 1. The van der Waals surface area contributed by atoms with Crippen LogP contribution in [0.5, 0.6) is 5.75 Å². The number of hydrogen-bond acceptors (Lipinski definition) is 3. The smallest absolute Gasteiger partial charge is 0.257 e. The minimum Gasteiger partial charge on any atom is -0.491 e. The second kappa shape index (κ2) is 6.70. The molecule has 1 unspecified atom stereocenters. The molecule has 2 rings (SSSR count). The molecule has 0 spiro atoms. The summed E-state index contributed by atoms with van der Waals surface area (Å²) in [5.41, 5.74) is 5.68. The first kappa shape index (κ1) is 14.8. The predicted molar refractivity (Wildman–Crippen MR) is 75.3 cm³/mol. The molecule has 0 radical (unpaired) electrons. The highest BCUT2D eigenvalue weighted by Crippen LogP contribution is 2.24. The highest BCUT2D eigenvalue weighted by atomic mass is 19.1.